The van der Waals surface area contributed by atoms with E-state index < -0.39 is 0 Å². The zero-order valence-electron chi connectivity index (χ0n) is 17.6. The lowest BCUT2D eigenvalue weighted by molar-refractivity contribution is -0.111. The third-order valence-corrected chi connectivity index (χ3v) is 5.11. The highest BCUT2D eigenvalue weighted by atomic mass is 32.1. The Kier molecular flexibility index (Phi) is 7.95. The quantitative estimate of drug-likeness (QED) is 0.472. The molecule has 7 heteroatoms. The van der Waals surface area contributed by atoms with Gasteiger partial charge in [0.1, 0.15) is 12.4 Å². The molecule has 0 aliphatic heterocycles. The number of nitrogens with one attached hydrogen (secondary N) is 2. The molecule has 0 saturated carbocycles. The van der Waals surface area contributed by atoms with Crippen LogP contribution in [0.25, 0.3) is 6.08 Å². The van der Waals surface area contributed by atoms with Gasteiger partial charge in [-0.2, -0.15) is 0 Å². The lowest BCUT2D eigenvalue weighted by Crippen LogP contribution is -2.24. The summed E-state index contributed by atoms with van der Waals surface area (Å²) in [7, 11) is 0. The van der Waals surface area contributed by atoms with Gasteiger partial charge in [-0.15, -0.1) is 11.3 Å². The highest BCUT2D eigenvalue weighted by molar-refractivity contribution is 7.09. The molecule has 2 aromatic carbocycles. The molecule has 2 N–H and O–H groups in total. The Hall–Kier alpha value is -3.45. The summed E-state index contributed by atoms with van der Waals surface area (Å²) in [6.07, 6.45) is 4.05. The maximum absolute atomic E-state index is 12.2. The van der Waals surface area contributed by atoms with Gasteiger partial charge >= 0.3 is 0 Å². The Bertz CT molecular complexity index is 1060. The third-order valence-electron chi connectivity index (χ3n) is 4.29. The van der Waals surface area contributed by atoms with E-state index in [-0.39, 0.29) is 11.8 Å². The maximum Gasteiger partial charge on any atom is 0.251 e. The van der Waals surface area contributed by atoms with Crippen LogP contribution in [0, 0.1) is 6.92 Å². The first-order valence-electron chi connectivity index (χ1n) is 10.0. The largest absolute Gasteiger partial charge is 0.487 e. The molecule has 0 radical (unpaired) electrons. The number of thiazole rings is 1. The van der Waals surface area contributed by atoms with Crippen molar-refractivity contribution in [2.75, 3.05) is 11.9 Å². The predicted octanol–water partition coefficient (Wildman–Crippen LogP) is 4.82. The van der Waals surface area contributed by atoms with Gasteiger partial charge in [0.15, 0.2) is 0 Å². The number of carbonyl (C=O) groups excluding carboxylic acids is 2. The number of aromatic nitrogens is 1. The molecule has 3 rings (SSSR count). The van der Waals surface area contributed by atoms with Crippen molar-refractivity contribution in [1.29, 1.82) is 0 Å². The van der Waals surface area contributed by atoms with Crippen molar-refractivity contribution in [3.05, 3.63) is 81.8 Å². The molecule has 31 heavy (non-hydrogen) atoms. The van der Waals surface area contributed by atoms with Gasteiger partial charge in [-0.1, -0.05) is 25.1 Å². The number of hydrogen-bond donors (Lipinski definition) is 2. The number of aryl methyl sites for hydroxylation is 1. The summed E-state index contributed by atoms with van der Waals surface area (Å²) >= 11 is 1.60. The SMILES string of the molecule is CCCNC(=O)c1cccc(NC(=O)/C=C/c2ccc(OCc3csc(C)n3)cc2)c1. The molecule has 0 aliphatic rings. The Morgan fingerprint density at radius 2 is 1.97 bits per heavy atom. The van der Waals surface area contributed by atoms with Crippen LogP contribution in [0.2, 0.25) is 0 Å². The molecule has 3 aromatic rings. The minimum Gasteiger partial charge on any atom is -0.487 e. The van der Waals surface area contributed by atoms with Crippen LogP contribution in [0.1, 0.15) is 40.0 Å². The van der Waals surface area contributed by atoms with Crippen molar-refractivity contribution >= 4 is 34.9 Å². The van der Waals surface area contributed by atoms with Gasteiger partial charge in [-0.25, -0.2) is 4.98 Å². The molecular weight excluding hydrogens is 410 g/mol. The summed E-state index contributed by atoms with van der Waals surface area (Å²) < 4.78 is 5.73. The van der Waals surface area contributed by atoms with Crippen LogP contribution in [0.5, 0.6) is 5.75 Å². The zero-order chi connectivity index (χ0) is 22.1. The van der Waals surface area contributed by atoms with Crippen molar-refractivity contribution in [2.24, 2.45) is 0 Å². The highest BCUT2D eigenvalue weighted by Gasteiger charge is 2.06. The summed E-state index contributed by atoms with van der Waals surface area (Å²) in [5, 5.41) is 8.60. The third kappa shape index (κ3) is 7.08. The molecule has 0 unspecified atom stereocenters. The first-order valence-corrected chi connectivity index (χ1v) is 10.9. The van der Waals surface area contributed by atoms with Crippen LogP contribution in [0.3, 0.4) is 0 Å². The van der Waals surface area contributed by atoms with Crippen LogP contribution in [0.4, 0.5) is 5.69 Å². The maximum atomic E-state index is 12.2. The average Bonchev–Trinajstić information content (AvgIpc) is 3.20. The monoisotopic (exact) mass is 435 g/mol. The molecule has 0 aliphatic carbocycles. The number of amides is 2. The fraction of sp³-hybridized carbons (Fsp3) is 0.208. The summed E-state index contributed by atoms with van der Waals surface area (Å²) in [6, 6.07) is 14.3. The first kappa shape index (κ1) is 22.2. The van der Waals surface area contributed by atoms with Gasteiger partial charge in [0.05, 0.1) is 10.7 Å². The molecule has 1 aromatic heterocycles. The molecule has 6 nitrogen and oxygen atoms in total. The standard InChI is InChI=1S/C24H25N3O3S/c1-3-13-25-24(29)19-5-4-6-20(14-19)27-23(28)12-9-18-7-10-22(11-8-18)30-15-21-16-31-17(2)26-21/h4-12,14,16H,3,13,15H2,1-2H3,(H,25,29)(H,27,28)/b12-9+. The highest BCUT2D eigenvalue weighted by Crippen LogP contribution is 2.16. The van der Waals surface area contributed by atoms with Gasteiger partial charge in [0, 0.05) is 29.3 Å². The normalized spacial score (nSPS) is 10.8. The van der Waals surface area contributed by atoms with Crippen LogP contribution >= 0.6 is 11.3 Å². The molecule has 1 heterocycles. The first-order chi connectivity index (χ1) is 15.0. The van der Waals surface area contributed by atoms with Gasteiger partial charge < -0.3 is 15.4 Å². The number of hydrogen-bond acceptors (Lipinski definition) is 5. The van der Waals surface area contributed by atoms with Crippen molar-refractivity contribution < 1.29 is 14.3 Å². The second kappa shape index (κ2) is 11.1. The van der Waals surface area contributed by atoms with Crippen LogP contribution in [-0.2, 0) is 11.4 Å². The molecule has 0 bridgehead atoms. The van der Waals surface area contributed by atoms with E-state index in [9.17, 15) is 9.59 Å². The summed E-state index contributed by atoms with van der Waals surface area (Å²) in [5.41, 5.74) is 2.87. The van der Waals surface area contributed by atoms with Gasteiger partial charge in [-0.05, 0) is 55.3 Å². The van der Waals surface area contributed by atoms with Crippen LogP contribution < -0.4 is 15.4 Å². The number of benzene rings is 2. The van der Waals surface area contributed by atoms with Gasteiger partial charge in [-0.3, -0.25) is 9.59 Å². The van der Waals surface area contributed by atoms with Crippen molar-refractivity contribution in [3.8, 4) is 5.75 Å². The van der Waals surface area contributed by atoms with Crippen LogP contribution in [0.15, 0.2) is 60.0 Å². The van der Waals surface area contributed by atoms with Gasteiger partial charge in [0.25, 0.3) is 5.91 Å². The predicted molar refractivity (Wildman–Crippen MR) is 124 cm³/mol. The summed E-state index contributed by atoms with van der Waals surface area (Å²) in [6.45, 7) is 5.00. The molecule has 2 amide bonds. The number of ether oxygens (including phenoxy) is 1. The fourth-order valence-electron chi connectivity index (χ4n) is 2.74. The second-order valence-corrected chi connectivity index (χ2v) is 7.94. The summed E-state index contributed by atoms with van der Waals surface area (Å²) in [4.78, 5) is 28.7. The molecule has 0 spiro atoms. The number of rotatable bonds is 9. The van der Waals surface area contributed by atoms with E-state index in [0.717, 1.165) is 28.4 Å². The fourth-order valence-corrected chi connectivity index (χ4v) is 3.34. The second-order valence-electron chi connectivity index (χ2n) is 6.87. The molecule has 160 valence electrons. The number of anilines is 1. The molecular formula is C24H25N3O3S. The average molecular weight is 436 g/mol. The van der Waals surface area contributed by atoms with E-state index >= 15 is 0 Å². The van der Waals surface area contributed by atoms with Crippen LogP contribution in [-0.4, -0.2) is 23.3 Å². The van der Waals surface area contributed by atoms with E-state index in [0.29, 0.717) is 24.4 Å². The molecule has 0 atom stereocenters. The smallest absolute Gasteiger partial charge is 0.251 e. The van der Waals surface area contributed by atoms with Crippen molar-refractivity contribution in [2.45, 2.75) is 26.9 Å². The number of carbonyl (C=O) groups is 2. The minimum atomic E-state index is -0.273. The molecule has 0 fully saturated rings. The Labute approximate surface area is 186 Å². The van der Waals surface area contributed by atoms with E-state index in [4.69, 9.17) is 4.74 Å². The molecule has 0 saturated heterocycles. The Morgan fingerprint density at radius 1 is 1.16 bits per heavy atom. The Morgan fingerprint density at radius 3 is 2.68 bits per heavy atom. The summed E-state index contributed by atoms with van der Waals surface area (Å²) in [5.74, 6) is 0.316. The Balaban J connectivity index is 1.52. The zero-order valence-corrected chi connectivity index (χ0v) is 18.4. The lowest BCUT2D eigenvalue weighted by Gasteiger charge is -2.07. The lowest BCUT2D eigenvalue weighted by atomic mass is 10.1. The van der Waals surface area contributed by atoms with E-state index in [1.165, 1.54) is 6.08 Å². The van der Waals surface area contributed by atoms with Crippen molar-refractivity contribution in [3.63, 3.8) is 0 Å². The van der Waals surface area contributed by atoms with E-state index in [2.05, 4.69) is 15.6 Å². The van der Waals surface area contributed by atoms with E-state index in [1.807, 2.05) is 43.5 Å². The van der Waals surface area contributed by atoms with Gasteiger partial charge in [0.2, 0.25) is 5.91 Å². The number of nitrogens with zero attached hydrogens (tertiary/aromatic N) is 1. The minimum absolute atomic E-state index is 0.152. The van der Waals surface area contributed by atoms with Crippen molar-refractivity contribution in [1.82, 2.24) is 10.3 Å². The van der Waals surface area contributed by atoms with E-state index in [1.54, 1.807) is 41.7 Å². The topological polar surface area (TPSA) is 80.3 Å².